The molecule has 0 bridgehead atoms. The van der Waals surface area contributed by atoms with E-state index in [1.54, 1.807) is 0 Å². The minimum atomic E-state index is -0.693. The molecular formula is C15H23NO2. The van der Waals surface area contributed by atoms with Gasteiger partial charge in [0.2, 0.25) is 0 Å². The maximum absolute atomic E-state index is 10.3. The molecule has 3 nitrogen and oxygen atoms in total. The summed E-state index contributed by atoms with van der Waals surface area (Å²) < 4.78 is 5.27. The van der Waals surface area contributed by atoms with Crippen molar-refractivity contribution in [1.82, 2.24) is 5.32 Å². The summed E-state index contributed by atoms with van der Waals surface area (Å²) in [4.78, 5) is 0. The predicted molar refractivity (Wildman–Crippen MR) is 72.4 cm³/mol. The molecule has 1 aromatic rings. The molecule has 2 rings (SSSR count). The van der Waals surface area contributed by atoms with Crippen LogP contribution in [0.25, 0.3) is 0 Å². The van der Waals surface area contributed by atoms with Crippen molar-refractivity contribution in [2.45, 2.75) is 31.9 Å². The minimum Gasteiger partial charge on any atom is -0.386 e. The minimum absolute atomic E-state index is 0.274. The topological polar surface area (TPSA) is 41.5 Å². The molecule has 1 saturated heterocycles. The van der Waals surface area contributed by atoms with Gasteiger partial charge in [-0.3, -0.25) is 0 Å². The van der Waals surface area contributed by atoms with Crippen molar-refractivity contribution >= 4 is 0 Å². The first kappa shape index (κ1) is 13.5. The number of nitrogens with one attached hydrogen (secondary N) is 1. The van der Waals surface area contributed by atoms with Gasteiger partial charge in [-0.2, -0.15) is 0 Å². The summed E-state index contributed by atoms with van der Waals surface area (Å²) in [6.45, 7) is 6.08. The van der Waals surface area contributed by atoms with Crippen LogP contribution in [0, 0.1) is 5.92 Å². The van der Waals surface area contributed by atoms with Crippen LogP contribution in [0.5, 0.6) is 0 Å². The molecule has 0 radical (unpaired) electrons. The molecule has 0 amide bonds. The van der Waals surface area contributed by atoms with Crippen LogP contribution in [-0.2, 0) is 4.74 Å². The van der Waals surface area contributed by atoms with Gasteiger partial charge in [0.25, 0.3) is 0 Å². The molecule has 0 unspecified atom stereocenters. The summed E-state index contributed by atoms with van der Waals surface area (Å²) in [5.74, 6) is 0.485. The Labute approximate surface area is 109 Å². The van der Waals surface area contributed by atoms with Gasteiger partial charge in [-0.1, -0.05) is 44.2 Å². The average Bonchev–Trinajstić information content (AvgIpc) is 2.78. The Kier molecular flexibility index (Phi) is 4.38. The normalized spacial score (nSPS) is 25.6. The number of hydrogen-bond acceptors (Lipinski definition) is 3. The summed E-state index contributed by atoms with van der Waals surface area (Å²) in [6.07, 6.45) is 0.722. The van der Waals surface area contributed by atoms with Crippen LogP contribution in [0.2, 0.25) is 0 Å². The lowest BCUT2D eigenvalue weighted by atomic mass is 9.94. The summed E-state index contributed by atoms with van der Waals surface area (Å²) in [6, 6.07) is 10.7. The van der Waals surface area contributed by atoms with E-state index in [0.717, 1.165) is 6.42 Å². The molecule has 0 spiro atoms. The zero-order chi connectivity index (χ0) is 13.0. The number of rotatable bonds is 5. The maximum atomic E-state index is 10.3. The van der Waals surface area contributed by atoms with Gasteiger partial charge in [-0.25, -0.2) is 0 Å². The Hall–Kier alpha value is -0.900. The van der Waals surface area contributed by atoms with Crippen molar-refractivity contribution < 1.29 is 9.84 Å². The highest BCUT2D eigenvalue weighted by molar-refractivity contribution is 5.19. The van der Waals surface area contributed by atoms with Crippen molar-refractivity contribution in [1.29, 1.82) is 0 Å². The molecule has 0 aliphatic carbocycles. The Morgan fingerprint density at radius 3 is 2.61 bits per heavy atom. The molecule has 1 heterocycles. The highest BCUT2D eigenvalue weighted by Gasteiger charge is 2.33. The second-order valence-electron chi connectivity index (χ2n) is 5.54. The first-order valence-corrected chi connectivity index (χ1v) is 6.69. The van der Waals surface area contributed by atoms with Crippen molar-refractivity contribution in [2.75, 3.05) is 19.8 Å². The van der Waals surface area contributed by atoms with E-state index in [1.165, 1.54) is 5.56 Å². The van der Waals surface area contributed by atoms with E-state index >= 15 is 0 Å². The zero-order valence-electron chi connectivity index (χ0n) is 11.2. The molecule has 1 aliphatic heterocycles. The fraction of sp³-hybridized carbons (Fsp3) is 0.600. The highest BCUT2D eigenvalue weighted by atomic mass is 16.5. The van der Waals surface area contributed by atoms with Gasteiger partial charge in [0.15, 0.2) is 0 Å². The van der Waals surface area contributed by atoms with Crippen LogP contribution in [0.4, 0.5) is 0 Å². The molecule has 2 N–H and O–H groups in total. The van der Waals surface area contributed by atoms with Gasteiger partial charge in [0, 0.05) is 25.6 Å². The third-order valence-electron chi connectivity index (χ3n) is 3.56. The monoisotopic (exact) mass is 249 g/mol. The summed E-state index contributed by atoms with van der Waals surface area (Å²) in [7, 11) is 0. The van der Waals surface area contributed by atoms with E-state index in [1.807, 2.05) is 6.07 Å². The van der Waals surface area contributed by atoms with Crippen LogP contribution in [0.3, 0.4) is 0 Å². The smallest absolute Gasteiger partial charge is 0.103 e. The zero-order valence-corrected chi connectivity index (χ0v) is 11.2. The Bertz CT molecular complexity index is 358. The van der Waals surface area contributed by atoms with E-state index < -0.39 is 5.60 Å². The van der Waals surface area contributed by atoms with Gasteiger partial charge in [-0.15, -0.1) is 0 Å². The second-order valence-corrected chi connectivity index (χ2v) is 5.54. The van der Waals surface area contributed by atoms with E-state index in [2.05, 4.69) is 43.4 Å². The molecule has 3 heteroatoms. The fourth-order valence-electron chi connectivity index (χ4n) is 2.43. The Morgan fingerprint density at radius 1 is 1.33 bits per heavy atom. The van der Waals surface area contributed by atoms with E-state index in [0.29, 0.717) is 25.7 Å². The van der Waals surface area contributed by atoms with Crippen molar-refractivity contribution in [3.63, 3.8) is 0 Å². The summed E-state index contributed by atoms with van der Waals surface area (Å²) >= 11 is 0. The lowest BCUT2D eigenvalue weighted by Crippen LogP contribution is -2.43. The summed E-state index contributed by atoms with van der Waals surface area (Å²) in [5.41, 5.74) is 0.581. The van der Waals surface area contributed by atoms with Crippen LogP contribution in [-0.4, -0.2) is 30.5 Å². The van der Waals surface area contributed by atoms with E-state index in [-0.39, 0.29) is 6.04 Å². The number of hydrogen-bond donors (Lipinski definition) is 2. The van der Waals surface area contributed by atoms with Crippen LogP contribution >= 0.6 is 0 Å². The Balaban J connectivity index is 1.99. The molecule has 0 aromatic heterocycles. The third-order valence-corrected chi connectivity index (χ3v) is 3.56. The molecule has 18 heavy (non-hydrogen) atoms. The number of aliphatic hydroxyl groups is 1. The summed E-state index contributed by atoms with van der Waals surface area (Å²) in [5, 5.41) is 13.8. The molecular weight excluding hydrogens is 226 g/mol. The van der Waals surface area contributed by atoms with Crippen LogP contribution in [0.15, 0.2) is 30.3 Å². The van der Waals surface area contributed by atoms with Crippen LogP contribution < -0.4 is 5.32 Å². The van der Waals surface area contributed by atoms with Gasteiger partial charge >= 0.3 is 0 Å². The molecule has 1 fully saturated rings. The fourth-order valence-corrected chi connectivity index (χ4v) is 2.43. The second kappa shape index (κ2) is 5.83. The average molecular weight is 249 g/mol. The molecule has 100 valence electrons. The van der Waals surface area contributed by atoms with Gasteiger partial charge < -0.3 is 15.2 Å². The molecule has 1 aliphatic rings. The first-order chi connectivity index (χ1) is 8.61. The SMILES string of the molecule is CC(C)[C@@H](NC[C@]1(O)CCOC1)c1ccccc1. The van der Waals surface area contributed by atoms with Crippen molar-refractivity contribution in [3.05, 3.63) is 35.9 Å². The lowest BCUT2D eigenvalue weighted by Gasteiger charge is -2.28. The molecule has 0 saturated carbocycles. The largest absolute Gasteiger partial charge is 0.386 e. The molecule has 2 atom stereocenters. The van der Waals surface area contributed by atoms with E-state index in [4.69, 9.17) is 4.74 Å². The van der Waals surface area contributed by atoms with Crippen molar-refractivity contribution in [3.8, 4) is 0 Å². The third kappa shape index (κ3) is 3.31. The van der Waals surface area contributed by atoms with Gasteiger partial charge in [0.05, 0.1) is 6.61 Å². The maximum Gasteiger partial charge on any atom is 0.103 e. The first-order valence-electron chi connectivity index (χ1n) is 6.69. The molecule has 1 aromatic carbocycles. The van der Waals surface area contributed by atoms with Crippen molar-refractivity contribution in [2.24, 2.45) is 5.92 Å². The Morgan fingerprint density at radius 2 is 2.06 bits per heavy atom. The highest BCUT2D eigenvalue weighted by Crippen LogP contribution is 2.24. The lowest BCUT2D eigenvalue weighted by molar-refractivity contribution is 0.0235. The van der Waals surface area contributed by atoms with Gasteiger partial charge in [-0.05, 0) is 11.5 Å². The standard InChI is InChI=1S/C15H23NO2/c1-12(2)14(13-6-4-3-5-7-13)16-10-15(17)8-9-18-11-15/h3-7,12,14,16-17H,8-11H2,1-2H3/t14-,15-/m1/s1. The number of ether oxygens (including phenoxy) is 1. The van der Waals surface area contributed by atoms with Crippen LogP contribution in [0.1, 0.15) is 31.9 Å². The van der Waals surface area contributed by atoms with E-state index in [9.17, 15) is 5.11 Å². The quantitative estimate of drug-likeness (QED) is 0.840. The number of benzene rings is 1. The predicted octanol–water partition coefficient (Wildman–Crippen LogP) is 2.12. The van der Waals surface area contributed by atoms with Gasteiger partial charge in [0.1, 0.15) is 5.60 Å².